The first-order valence-electron chi connectivity index (χ1n) is 4.76. The Labute approximate surface area is 85.3 Å². The van der Waals surface area contributed by atoms with E-state index in [0.29, 0.717) is 12.8 Å². The molecule has 1 rings (SSSR count). The summed E-state index contributed by atoms with van der Waals surface area (Å²) in [4.78, 5) is 0. The van der Waals surface area contributed by atoms with Gasteiger partial charge in [-0.15, -0.1) is 0 Å². The summed E-state index contributed by atoms with van der Waals surface area (Å²) >= 11 is 0. The molecule has 0 spiro atoms. The Balaban J connectivity index is 2.50. The number of nitrogens with zero attached hydrogens (tertiary/aromatic N) is 1. The molecule has 84 valence electrons. The van der Waals surface area contributed by atoms with Crippen LogP contribution in [0.25, 0.3) is 0 Å². The Morgan fingerprint density at radius 3 is 2.29 bits per heavy atom. The van der Waals surface area contributed by atoms with Crippen LogP contribution in [0.4, 0.5) is 0 Å². The van der Waals surface area contributed by atoms with Crippen LogP contribution in [0.2, 0.25) is 0 Å². The fraction of sp³-hybridized carbons (Fsp3) is 1.00. The molecule has 0 aromatic carbocycles. The van der Waals surface area contributed by atoms with Crippen LogP contribution in [0.1, 0.15) is 26.7 Å². The molecular formula is C8H18N2O3S. The van der Waals surface area contributed by atoms with Crippen LogP contribution in [0.5, 0.6) is 0 Å². The second-order valence-corrected chi connectivity index (χ2v) is 5.82. The van der Waals surface area contributed by atoms with Gasteiger partial charge in [0.15, 0.2) is 0 Å². The molecule has 1 aliphatic rings. The van der Waals surface area contributed by atoms with Crippen LogP contribution in [-0.4, -0.2) is 43.1 Å². The van der Waals surface area contributed by atoms with Crippen molar-refractivity contribution in [2.45, 2.75) is 44.9 Å². The monoisotopic (exact) mass is 222 g/mol. The number of hydrogen-bond acceptors (Lipinski definition) is 3. The Kier molecular flexibility index (Phi) is 3.52. The molecule has 0 aliphatic heterocycles. The van der Waals surface area contributed by atoms with Crippen LogP contribution in [-0.2, 0) is 10.2 Å². The molecule has 6 heteroatoms. The van der Waals surface area contributed by atoms with E-state index in [9.17, 15) is 8.42 Å². The zero-order chi connectivity index (χ0) is 10.9. The maximum absolute atomic E-state index is 11.6. The van der Waals surface area contributed by atoms with Gasteiger partial charge in [-0.1, -0.05) is 0 Å². The molecule has 0 saturated heterocycles. The van der Waals surface area contributed by atoms with Gasteiger partial charge in [-0.2, -0.15) is 17.4 Å². The molecule has 14 heavy (non-hydrogen) atoms. The fourth-order valence-corrected chi connectivity index (χ4v) is 2.59. The first-order valence-corrected chi connectivity index (χ1v) is 6.20. The minimum absolute atomic E-state index is 0.0579. The molecule has 0 radical (unpaired) electrons. The zero-order valence-corrected chi connectivity index (χ0v) is 9.58. The van der Waals surface area contributed by atoms with Gasteiger partial charge in [0.25, 0.3) is 10.2 Å². The van der Waals surface area contributed by atoms with Crippen molar-refractivity contribution >= 4 is 10.2 Å². The summed E-state index contributed by atoms with van der Waals surface area (Å²) in [7, 11) is -1.83. The lowest BCUT2D eigenvalue weighted by molar-refractivity contribution is 0.0705. The van der Waals surface area contributed by atoms with Crippen molar-refractivity contribution in [3.8, 4) is 0 Å². The van der Waals surface area contributed by atoms with Gasteiger partial charge < -0.3 is 5.11 Å². The van der Waals surface area contributed by atoms with Crippen molar-refractivity contribution in [3.05, 3.63) is 0 Å². The van der Waals surface area contributed by atoms with E-state index in [2.05, 4.69) is 4.72 Å². The Bertz CT molecular complexity index is 283. The number of aliphatic hydroxyl groups is 1. The van der Waals surface area contributed by atoms with Gasteiger partial charge >= 0.3 is 0 Å². The number of hydrogen-bond donors (Lipinski definition) is 2. The highest BCUT2D eigenvalue weighted by Crippen LogP contribution is 2.20. The van der Waals surface area contributed by atoms with E-state index in [1.165, 1.54) is 4.31 Å². The summed E-state index contributed by atoms with van der Waals surface area (Å²) in [5.74, 6) is 0. The Morgan fingerprint density at radius 2 is 1.93 bits per heavy atom. The molecular weight excluding hydrogens is 204 g/mol. The van der Waals surface area contributed by atoms with Gasteiger partial charge in [0.05, 0.1) is 6.10 Å². The number of aliphatic hydroxyl groups excluding tert-OH is 1. The SMILES string of the molecule is CC(C)N(C)S(=O)(=O)NC1CC(O)C1. The van der Waals surface area contributed by atoms with Gasteiger partial charge in [0.1, 0.15) is 0 Å². The molecule has 0 bridgehead atoms. The average molecular weight is 222 g/mol. The topological polar surface area (TPSA) is 69.6 Å². The van der Waals surface area contributed by atoms with E-state index in [4.69, 9.17) is 5.11 Å². The Hall–Kier alpha value is -0.170. The van der Waals surface area contributed by atoms with E-state index in [1.54, 1.807) is 7.05 Å². The maximum atomic E-state index is 11.6. The van der Waals surface area contributed by atoms with Crippen molar-refractivity contribution in [3.63, 3.8) is 0 Å². The summed E-state index contributed by atoms with van der Waals surface area (Å²) in [5.41, 5.74) is 0. The highest BCUT2D eigenvalue weighted by molar-refractivity contribution is 7.87. The highest BCUT2D eigenvalue weighted by Gasteiger charge is 2.32. The predicted octanol–water partition coefficient (Wildman–Crippen LogP) is -0.316. The second kappa shape index (κ2) is 4.14. The smallest absolute Gasteiger partial charge is 0.279 e. The van der Waals surface area contributed by atoms with Gasteiger partial charge in [-0.05, 0) is 26.7 Å². The van der Waals surface area contributed by atoms with Crippen molar-refractivity contribution in [2.75, 3.05) is 7.05 Å². The summed E-state index contributed by atoms with van der Waals surface area (Å²) in [5, 5.41) is 9.01. The van der Waals surface area contributed by atoms with Crippen LogP contribution in [0, 0.1) is 0 Å². The van der Waals surface area contributed by atoms with Gasteiger partial charge in [-0.25, -0.2) is 0 Å². The van der Waals surface area contributed by atoms with Gasteiger partial charge in [-0.3, -0.25) is 0 Å². The van der Waals surface area contributed by atoms with Crippen molar-refractivity contribution < 1.29 is 13.5 Å². The fourth-order valence-electron chi connectivity index (χ4n) is 1.26. The minimum Gasteiger partial charge on any atom is -0.393 e. The molecule has 0 unspecified atom stereocenters. The van der Waals surface area contributed by atoms with E-state index in [-0.39, 0.29) is 18.2 Å². The minimum atomic E-state index is -3.37. The molecule has 1 saturated carbocycles. The largest absolute Gasteiger partial charge is 0.393 e. The highest BCUT2D eigenvalue weighted by atomic mass is 32.2. The molecule has 5 nitrogen and oxygen atoms in total. The van der Waals surface area contributed by atoms with Crippen molar-refractivity contribution in [2.24, 2.45) is 0 Å². The number of rotatable bonds is 4. The second-order valence-electron chi connectivity index (χ2n) is 4.05. The summed E-state index contributed by atoms with van der Waals surface area (Å²) in [6.45, 7) is 3.63. The molecule has 1 fully saturated rings. The van der Waals surface area contributed by atoms with E-state index in [1.807, 2.05) is 13.8 Å². The van der Waals surface area contributed by atoms with Crippen molar-refractivity contribution in [1.82, 2.24) is 9.03 Å². The van der Waals surface area contributed by atoms with Crippen LogP contribution in [0.15, 0.2) is 0 Å². The average Bonchev–Trinajstić information content (AvgIpc) is 1.99. The van der Waals surface area contributed by atoms with Gasteiger partial charge in [0, 0.05) is 19.1 Å². The molecule has 2 N–H and O–H groups in total. The van der Waals surface area contributed by atoms with Crippen molar-refractivity contribution in [1.29, 1.82) is 0 Å². The van der Waals surface area contributed by atoms with Crippen LogP contribution < -0.4 is 4.72 Å². The number of nitrogens with one attached hydrogen (secondary N) is 1. The lowest BCUT2D eigenvalue weighted by Gasteiger charge is -2.33. The van der Waals surface area contributed by atoms with Gasteiger partial charge in [0.2, 0.25) is 0 Å². The normalized spacial score (nSPS) is 28.1. The summed E-state index contributed by atoms with van der Waals surface area (Å²) < 4.78 is 27.1. The molecule has 0 heterocycles. The first-order chi connectivity index (χ1) is 6.33. The lowest BCUT2D eigenvalue weighted by atomic mass is 9.91. The third-order valence-electron chi connectivity index (χ3n) is 2.54. The third-order valence-corrected chi connectivity index (χ3v) is 4.35. The quantitative estimate of drug-likeness (QED) is 0.685. The summed E-state index contributed by atoms with van der Waals surface area (Å²) in [6.07, 6.45) is 0.697. The molecule has 0 atom stereocenters. The standard InChI is InChI=1S/C8H18N2O3S/c1-6(2)10(3)14(12,13)9-7-4-8(11)5-7/h6-9,11H,4-5H2,1-3H3. The van der Waals surface area contributed by atoms with E-state index < -0.39 is 10.2 Å². The van der Waals surface area contributed by atoms with Crippen LogP contribution in [0.3, 0.4) is 0 Å². The third kappa shape index (κ3) is 2.66. The zero-order valence-electron chi connectivity index (χ0n) is 8.77. The van der Waals surface area contributed by atoms with E-state index in [0.717, 1.165) is 0 Å². The van der Waals surface area contributed by atoms with Crippen LogP contribution >= 0.6 is 0 Å². The molecule has 0 aromatic heterocycles. The molecule has 1 aliphatic carbocycles. The predicted molar refractivity (Wildman–Crippen MR) is 54.0 cm³/mol. The summed E-state index contributed by atoms with van der Waals surface area (Å²) in [6, 6.07) is -0.159. The molecule has 0 amide bonds. The molecule has 0 aromatic rings. The lowest BCUT2D eigenvalue weighted by Crippen LogP contribution is -2.52. The Morgan fingerprint density at radius 1 is 1.43 bits per heavy atom. The first kappa shape index (κ1) is 11.9. The maximum Gasteiger partial charge on any atom is 0.279 e. The van der Waals surface area contributed by atoms with E-state index >= 15 is 0 Å².